The van der Waals surface area contributed by atoms with Gasteiger partial charge >= 0.3 is 0 Å². The highest BCUT2D eigenvalue weighted by atomic mass is 32.2. The first-order valence-corrected chi connectivity index (χ1v) is 11.3. The zero-order valence-corrected chi connectivity index (χ0v) is 18.6. The Balaban J connectivity index is 1.56. The number of ether oxygens (including phenoxy) is 2. The number of primary sulfonamides is 1. The van der Waals surface area contributed by atoms with Gasteiger partial charge in [0, 0.05) is 17.9 Å². The molecule has 0 spiro atoms. The molecule has 3 aromatic carbocycles. The molecular weight excluding hydrogens is 430 g/mol. The van der Waals surface area contributed by atoms with Gasteiger partial charge in [-0.25, -0.2) is 13.6 Å². The molecule has 4 N–H and O–H groups in total. The van der Waals surface area contributed by atoms with Gasteiger partial charge in [-0.2, -0.15) is 0 Å². The predicted molar refractivity (Wildman–Crippen MR) is 123 cm³/mol. The quantitative estimate of drug-likeness (QED) is 0.455. The number of hydrogen-bond donors (Lipinski definition) is 3. The number of methoxy groups -OCH3 is 1. The van der Waals surface area contributed by atoms with E-state index < -0.39 is 10.0 Å². The van der Waals surface area contributed by atoms with E-state index in [4.69, 9.17) is 14.6 Å². The fourth-order valence-corrected chi connectivity index (χ4v) is 3.40. The summed E-state index contributed by atoms with van der Waals surface area (Å²) in [7, 11) is -2.19. The van der Waals surface area contributed by atoms with Crippen LogP contribution >= 0.6 is 0 Å². The fourth-order valence-electron chi connectivity index (χ4n) is 2.89. The molecule has 0 saturated heterocycles. The van der Waals surface area contributed by atoms with Gasteiger partial charge in [0.25, 0.3) is 5.91 Å². The van der Waals surface area contributed by atoms with E-state index in [1.165, 1.54) is 19.2 Å². The maximum absolute atomic E-state index is 12.2. The van der Waals surface area contributed by atoms with Crippen LogP contribution in [0.3, 0.4) is 0 Å². The number of amides is 1. The van der Waals surface area contributed by atoms with Gasteiger partial charge in [-0.05, 0) is 61.0 Å². The number of hydrogen-bond acceptors (Lipinski definition) is 6. The summed E-state index contributed by atoms with van der Waals surface area (Å²) >= 11 is 0. The van der Waals surface area contributed by atoms with Crippen molar-refractivity contribution in [2.45, 2.75) is 18.4 Å². The van der Waals surface area contributed by atoms with E-state index in [1.54, 1.807) is 24.3 Å². The lowest BCUT2D eigenvalue weighted by Crippen LogP contribution is -2.20. The van der Waals surface area contributed by atoms with Gasteiger partial charge in [0.2, 0.25) is 10.0 Å². The average molecular weight is 456 g/mol. The van der Waals surface area contributed by atoms with E-state index >= 15 is 0 Å². The van der Waals surface area contributed by atoms with Crippen molar-refractivity contribution in [2.24, 2.45) is 5.14 Å². The molecule has 3 rings (SSSR count). The van der Waals surface area contributed by atoms with Gasteiger partial charge in [0.1, 0.15) is 0 Å². The molecule has 8 nitrogen and oxygen atoms in total. The fraction of sp³-hybridized carbons (Fsp3) is 0.174. The highest BCUT2D eigenvalue weighted by Gasteiger charge is 2.10. The monoisotopic (exact) mass is 455 g/mol. The SMILES string of the molecule is COc1cc(CNc2ccc(S(N)(=O)=O)cc2)ccc1OCC(=O)Nc1ccc(C)cc1. The number of sulfonamides is 1. The largest absolute Gasteiger partial charge is 0.493 e. The third kappa shape index (κ3) is 6.47. The lowest BCUT2D eigenvalue weighted by Gasteiger charge is -2.13. The Kier molecular flexibility index (Phi) is 7.34. The summed E-state index contributed by atoms with van der Waals surface area (Å²) < 4.78 is 33.7. The maximum atomic E-state index is 12.2. The van der Waals surface area contributed by atoms with E-state index in [-0.39, 0.29) is 17.4 Å². The van der Waals surface area contributed by atoms with E-state index in [2.05, 4.69) is 10.6 Å². The van der Waals surface area contributed by atoms with Crippen LogP contribution in [-0.2, 0) is 21.4 Å². The molecular formula is C23H25N3O5S. The normalized spacial score (nSPS) is 11.0. The topological polar surface area (TPSA) is 120 Å². The zero-order chi connectivity index (χ0) is 23.1. The van der Waals surface area contributed by atoms with Gasteiger partial charge < -0.3 is 20.1 Å². The number of carbonyl (C=O) groups excluding carboxylic acids is 1. The van der Waals surface area contributed by atoms with E-state index in [9.17, 15) is 13.2 Å². The molecule has 32 heavy (non-hydrogen) atoms. The minimum Gasteiger partial charge on any atom is -0.493 e. The van der Waals surface area contributed by atoms with Crippen molar-refractivity contribution in [3.63, 3.8) is 0 Å². The lowest BCUT2D eigenvalue weighted by molar-refractivity contribution is -0.118. The molecule has 0 aliphatic rings. The number of aryl methyl sites for hydroxylation is 1. The first-order valence-electron chi connectivity index (χ1n) is 9.77. The second kappa shape index (κ2) is 10.2. The first kappa shape index (κ1) is 23.1. The van der Waals surface area contributed by atoms with Crippen LogP contribution in [0.5, 0.6) is 11.5 Å². The number of anilines is 2. The summed E-state index contributed by atoms with van der Waals surface area (Å²) in [6, 6.07) is 19.0. The number of nitrogens with two attached hydrogens (primary N) is 1. The Morgan fingerprint density at radius 1 is 0.938 bits per heavy atom. The number of rotatable bonds is 9. The summed E-state index contributed by atoms with van der Waals surface area (Å²) in [5, 5.41) is 11.1. The lowest BCUT2D eigenvalue weighted by atomic mass is 10.2. The maximum Gasteiger partial charge on any atom is 0.262 e. The Labute approximate surface area is 187 Å². The van der Waals surface area contributed by atoms with Gasteiger partial charge in [-0.1, -0.05) is 23.8 Å². The summed E-state index contributed by atoms with van der Waals surface area (Å²) in [5.41, 5.74) is 3.46. The summed E-state index contributed by atoms with van der Waals surface area (Å²) in [6.07, 6.45) is 0. The third-order valence-corrected chi connectivity index (χ3v) is 5.53. The van der Waals surface area contributed by atoms with Crippen molar-refractivity contribution >= 4 is 27.3 Å². The standard InChI is InChI=1S/C23H25N3O5S/c1-16-3-6-19(7-4-16)26-23(27)15-31-21-12-5-17(13-22(21)30-2)14-25-18-8-10-20(11-9-18)32(24,28)29/h3-13,25H,14-15H2,1-2H3,(H,26,27)(H2,24,28,29). The molecule has 9 heteroatoms. The summed E-state index contributed by atoms with van der Waals surface area (Å²) in [5.74, 6) is 0.675. The van der Waals surface area contributed by atoms with Crippen LogP contribution in [0.2, 0.25) is 0 Å². The summed E-state index contributed by atoms with van der Waals surface area (Å²) in [6.45, 7) is 2.29. The van der Waals surface area contributed by atoms with Crippen LogP contribution in [0, 0.1) is 6.92 Å². The van der Waals surface area contributed by atoms with E-state index in [0.29, 0.717) is 23.7 Å². The van der Waals surface area contributed by atoms with Crippen LogP contribution in [0.4, 0.5) is 11.4 Å². The van der Waals surface area contributed by atoms with Gasteiger partial charge in [0.15, 0.2) is 18.1 Å². The van der Waals surface area contributed by atoms with Crippen molar-refractivity contribution in [3.05, 3.63) is 77.9 Å². The smallest absolute Gasteiger partial charge is 0.262 e. The molecule has 0 saturated carbocycles. The van der Waals surface area contributed by atoms with Crippen molar-refractivity contribution in [3.8, 4) is 11.5 Å². The molecule has 3 aromatic rings. The average Bonchev–Trinajstić information content (AvgIpc) is 2.77. The van der Waals surface area contributed by atoms with Crippen LogP contribution in [-0.4, -0.2) is 28.0 Å². The van der Waals surface area contributed by atoms with E-state index in [1.807, 2.05) is 37.3 Å². The molecule has 0 aromatic heterocycles. The molecule has 0 bridgehead atoms. The van der Waals surface area contributed by atoms with Crippen LogP contribution < -0.4 is 25.2 Å². The van der Waals surface area contributed by atoms with Crippen molar-refractivity contribution < 1.29 is 22.7 Å². The number of benzene rings is 3. The van der Waals surface area contributed by atoms with Gasteiger partial charge in [-0.3, -0.25) is 4.79 Å². The molecule has 0 aliphatic carbocycles. The van der Waals surface area contributed by atoms with Gasteiger partial charge in [-0.15, -0.1) is 0 Å². The van der Waals surface area contributed by atoms with Crippen molar-refractivity contribution in [1.29, 1.82) is 0 Å². The van der Waals surface area contributed by atoms with Gasteiger partial charge in [0.05, 0.1) is 12.0 Å². The molecule has 0 fully saturated rings. The molecule has 1 amide bonds. The molecule has 0 unspecified atom stereocenters. The predicted octanol–water partition coefficient (Wildman–Crippen LogP) is 3.28. The molecule has 168 valence electrons. The Morgan fingerprint density at radius 2 is 1.59 bits per heavy atom. The highest BCUT2D eigenvalue weighted by Crippen LogP contribution is 2.28. The van der Waals surface area contributed by atoms with Crippen molar-refractivity contribution in [1.82, 2.24) is 0 Å². The molecule has 0 radical (unpaired) electrons. The van der Waals surface area contributed by atoms with Crippen LogP contribution in [0.15, 0.2) is 71.6 Å². The van der Waals surface area contributed by atoms with Crippen LogP contribution in [0.1, 0.15) is 11.1 Å². The Bertz CT molecular complexity index is 1180. The number of nitrogens with one attached hydrogen (secondary N) is 2. The number of carbonyl (C=O) groups is 1. The summed E-state index contributed by atoms with van der Waals surface area (Å²) in [4.78, 5) is 12.2. The molecule has 0 heterocycles. The molecule has 0 atom stereocenters. The molecule has 0 aliphatic heterocycles. The zero-order valence-electron chi connectivity index (χ0n) is 17.8. The minimum absolute atomic E-state index is 0.0534. The second-order valence-corrected chi connectivity index (χ2v) is 8.67. The van der Waals surface area contributed by atoms with Crippen LogP contribution in [0.25, 0.3) is 0 Å². The highest BCUT2D eigenvalue weighted by molar-refractivity contribution is 7.89. The third-order valence-electron chi connectivity index (χ3n) is 4.60. The van der Waals surface area contributed by atoms with E-state index in [0.717, 1.165) is 16.8 Å². The Morgan fingerprint density at radius 3 is 2.22 bits per heavy atom. The second-order valence-electron chi connectivity index (χ2n) is 7.11. The Hall–Kier alpha value is -3.56. The minimum atomic E-state index is -3.72. The van der Waals surface area contributed by atoms with Crippen molar-refractivity contribution in [2.75, 3.05) is 24.4 Å². The first-order chi connectivity index (χ1) is 15.2.